The molecular weight excluding hydrogens is 410 g/mol. The first-order valence-electron chi connectivity index (χ1n) is 10.9. The van der Waals surface area contributed by atoms with Crippen molar-refractivity contribution in [1.29, 1.82) is 0 Å². The first-order valence-corrected chi connectivity index (χ1v) is 11.2. The van der Waals surface area contributed by atoms with Crippen molar-refractivity contribution in [3.8, 4) is 16.8 Å². The summed E-state index contributed by atoms with van der Waals surface area (Å²) in [5.74, 6) is 0. The average molecular weight is 434 g/mol. The molecule has 32 heavy (non-hydrogen) atoms. The minimum absolute atomic E-state index is 0.772. The molecule has 156 valence electrons. The maximum Gasteiger partial charge on any atom is 0.0541 e. The number of aromatic nitrogens is 1. The molecule has 0 fully saturated rings. The predicted octanol–water partition coefficient (Wildman–Crippen LogP) is 9.00. The van der Waals surface area contributed by atoms with Gasteiger partial charge in [0.1, 0.15) is 0 Å². The van der Waals surface area contributed by atoms with Crippen LogP contribution < -0.4 is 0 Å². The highest BCUT2D eigenvalue weighted by molar-refractivity contribution is 6.29. The van der Waals surface area contributed by atoms with E-state index in [-0.39, 0.29) is 0 Å². The van der Waals surface area contributed by atoms with Crippen LogP contribution in [0.25, 0.3) is 44.2 Å². The van der Waals surface area contributed by atoms with Crippen LogP contribution in [0.4, 0.5) is 0 Å². The average Bonchev–Trinajstić information content (AvgIpc) is 3.17. The smallest absolute Gasteiger partial charge is 0.0541 e. The molecule has 0 spiro atoms. The third kappa shape index (κ3) is 3.66. The molecule has 4 aromatic carbocycles. The molecule has 0 amide bonds. The summed E-state index contributed by atoms with van der Waals surface area (Å²) in [6.45, 7) is 3.95. The van der Waals surface area contributed by atoms with Crippen LogP contribution in [0.3, 0.4) is 0 Å². The lowest BCUT2D eigenvalue weighted by molar-refractivity contribution is 1.18. The van der Waals surface area contributed by atoms with Crippen LogP contribution in [0.2, 0.25) is 0 Å². The number of allylic oxidation sites excluding steroid dienone is 4. The minimum Gasteiger partial charge on any atom is -0.309 e. The number of rotatable bonds is 4. The van der Waals surface area contributed by atoms with E-state index >= 15 is 0 Å². The minimum atomic E-state index is 0.772. The Kier molecular flexibility index (Phi) is 5.43. The van der Waals surface area contributed by atoms with Crippen molar-refractivity contribution in [2.24, 2.45) is 0 Å². The topological polar surface area (TPSA) is 4.93 Å². The Morgan fingerprint density at radius 3 is 2.25 bits per heavy atom. The van der Waals surface area contributed by atoms with Crippen molar-refractivity contribution < 1.29 is 0 Å². The summed E-state index contributed by atoms with van der Waals surface area (Å²) in [5, 5.41) is 3.29. The van der Waals surface area contributed by atoms with Crippen molar-refractivity contribution in [3.63, 3.8) is 0 Å². The molecule has 0 aliphatic carbocycles. The highest BCUT2D eigenvalue weighted by atomic mass is 35.5. The standard InChI is InChI=1S/C30H24ClN/c1-3-22(18-21(2)31)24-12-9-13-26(19-24)32-29-15-8-7-14-27(29)28-20-25(16-17-30(28)32)23-10-5-4-6-11-23/h3-20H,1-2H3/b21-18+,22-3+. The third-order valence-electron chi connectivity index (χ3n) is 5.88. The maximum atomic E-state index is 6.18. The number of nitrogens with zero attached hydrogens (tertiary/aromatic N) is 1. The quantitative estimate of drug-likeness (QED) is 0.249. The zero-order valence-corrected chi connectivity index (χ0v) is 19.0. The SMILES string of the molecule is C/C=C(\C=C(/C)Cl)c1cccc(-n2c3ccccc3c3cc(-c4ccccc4)ccc32)c1. The van der Waals surface area contributed by atoms with Gasteiger partial charge in [0.05, 0.1) is 11.0 Å². The van der Waals surface area contributed by atoms with Crippen molar-refractivity contribution in [1.82, 2.24) is 4.57 Å². The van der Waals surface area contributed by atoms with Gasteiger partial charge in [0.25, 0.3) is 0 Å². The molecule has 0 unspecified atom stereocenters. The number of para-hydroxylation sites is 1. The van der Waals surface area contributed by atoms with Crippen molar-refractivity contribution >= 4 is 39.0 Å². The molecule has 0 N–H and O–H groups in total. The Labute approximate surface area is 193 Å². The zero-order chi connectivity index (χ0) is 22.1. The number of fused-ring (bicyclic) bond motifs is 3. The van der Waals surface area contributed by atoms with Gasteiger partial charge in [0.15, 0.2) is 0 Å². The van der Waals surface area contributed by atoms with E-state index in [0.29, 0.717) is 0 Å². The highest BCUT2D eigenvalue weighted by Crippen LogP contribution is 2.35. The second-order valence-corrected chi connectivity index (χ2v) is 8.57. The van der Waals surface area contributed by atoms with Crippen LogP contribution in [-0.2, 0) is 0 Å². The molecule has 2 heteroatoms. The number of benzene rings is 4. The molecule has 5 aromatic rings. The van der Waals surface area contributed by atoms with Gasteiger partial charge in [-0.15, -0.1) is 0 Å². The molecule has 0 saturated carbocycles. The molecule has 5 rings (SSSR count). The van der Waals surface area contributed by atoms with Gasteiger partial charge in [0, 0.05) is 21.5 Å². The molecule has 0 aliphatic heterocycles. The van der Waals surface area contributed by atoms with Gasteiger partial charge < -0.3 is 4.57 Å². The van der Waals surface area contributed by atoms with E-state index in [1.54, 1.807) is 0 Å². The number of hydrogen-bond acceptors (Lipinski definition) is 0. The Bertz CT molecular complexity index is 1480. The molecule has 0 radical (unpaired) electrons. The van der Waals surface area contributed by atoms with E-state index in [9.17, 15) is 0 Å². The Hall–Kier alpha value is -3.55. The second kappa shape index (κ2) is 8.53. The van der Waals surface area contributed by atoms with E-state index < -0.39 is 0 Å². The largest absolute Gasteiger partial charge is 0.309 e. The van der Waals surface area contributed by atoms with E-state index in [4.69, 9.17) is 11.6 Å². The van der Waals surface area contributed by atoms with Gasteiger partial charge >= 0.3 is 0 Å². The van der Waals surface area contributed by atoms with Gasteiger partial charge in [-0.2, -0.15) is 0 Å². The second-order valence-electron chi connectivity index (χ2n) is 7.98. The highest BCUT2D eigenvalue weighted by Gasteiger charge is 2.13. The molecule has 1 nitrogen and oxygen atoms in total. The third-order valence-corrected chi connectivity index (χ3v) is 5.99. The number of hydrogen-bond donors (Lipinski definition) is 0. The van der Waals surface area contributed by atoms with Crippen molar-refractivity contribution in [3.05, 3.63) is 120 Å². The van der Waals surface area contributed by atoms with Crippen LogP contribution in [-0.4, -0.2) is 4.57 Å². The van der Waals surface area contributed by atoms with Gasteiger partial charge in [0.2, 0.25) is 0 Å². The van der Waals surface area contributed by atoms with Crippen molar-refractivity contribution in [2.45, 2.75) is 13.8 Å². The maximum absolute atomic E-state index is 6.18. The predicted molar refractivity (Wildman–Crippen MR) is 139 cm³/mol. The van der Waals surface area contributed by atoms with E-state index in [1.165, 1.54) is 32.9 Å². The molecule has 0 atom stereocenters. The van der Waals surface area contributed by atoms with Crippen LogP contribution in [0.1, 0.15) is 19.4 Å². The van der Waals surface area contributed by atoms with Crippen LogP contribution >= 0.6 is 11.6 Å². The van der Waals surface area contributed by atoms with Crippen LogP contribution in [0.5, 0.6) is 0 Å². The number of halogens is 1. The molecule has 0 bridgehead atoms. The fourth-order valence-electron chi connectivity index (χ4n) is 4.43. The first-order chi connectivity index (χ1) is 15.7. The summed E-state index contributed by atoms with van der Waals surface area (Å²) < 4.78 is 2.35. The molecule has 0 aliphatic rings. The molecule has 1 aromatic heterocycles. The summed E-state index contributed by atoms with van der Waals surface area (Å²) in [4.78, 5) is 0. The summed E-state index contributed by atoms with van der Waals surface area (Å²) in [5.41, 5.74) is 8.28. The van der Waals surface area contributed by atoms with Crippen LogP contribution in [0.15, 0.2) is 114 Å². The molecule has 0 saturated heterocycles. The summed E-state index contributed by atoms with van der Waals surface area (Å²) in [6.07, 6.45) is 4.11. The lowest BCUT2D eigenvalue weighted by Gasteiger charge is -2.11. The van der Waals surface area contributed by atoms with Gasteiger partial charge in [-0.25, -0.2) is 0 Å². The summed E-state index contributed by atoms with van der Waals surface area (Å²) in [6, 6.07) is 34.6. The normalized spacial score (nSPS) is 12.6. The van der Waals surface area contributed by atoms with E-state index in [0.717, 1.165) is 21.9 Å². The Morgan fingerprint density at radius 2 is 1.47 bits per heavy atom. The van der Waals surface area contributed by atoms with Gasteiger partial charge in [-0.3, -0.25) is 0 Å². The Morgan fingerprint density at radius 1 is 0.719 bits per heavy atom. The summed E-state index contributed by atoms with van der Waals surface area (Å²) >= 11 is 6.18. The van der Waals surface area contributed by atoms with Crippen LogP contribution in [0, 0.1) is 0 Å². The summed E-state index contributed by atoms with van der Waals surface area (Å²) in [7, 11) is 0. The lowest BCUT2D eigenvalue weighted by atomic mass is 10.0. The van der Waals surface area contributed by atoms with Crippen molar-refractivity contribution in [2.75, 3.05) is 0 Å². The van der Waals surface area contributed by atoms with E-state index in [2.05, 4.69) is 108 Å². The monoisotopic (exact) mass is 433 g/mol. The van der Waals surface area contributed by atoms with E-state index in [1.807, 2.05) is 19.9 Å². The Balaban J connectivity index is 1.75. The lowest BCUT2D eigenvalue weighted by Crippen LogP contribution is -1.95. The first kappa shape index (κ1) is 20.4. The molecular formula is C30H24ClN. The molecule has 1 heterocycles. The van der Waals surface area contributed by atoms with Gasteiger partial charge in [-0.05, 0) is 72.5 Å². The fraction of sp³-hybridized carbons (Fsp3) is 0.0667. The zero-order valence-electron chi connectivity index (χ0n) is 18.2. The van der Waals surface area contributed by atoms with Gasteiger partial charge in [-0.1, -0.05) is 84.4 Å². The fourth-order valence-corrected chi connectivity index (χ4v) is 4.55.